The average molecular weight is 1600 g/mol. The number of benzene rings is 4. The Morgan fingerprint density at radius 1 is 0.518 bits per heavy atom. The van der Waals surface area contributed by atoms with Crippen molar-refractivity contribution >= 4 is 63.0 Å². The Morgan fingerprint density at radius 3 is 1.18 bits per heavy atom. The third-order valence-electron chi connectivity index (χ3n) is 17.8. The Bertz CT molecular complexity index is 4600. The van der Waals surface area contributed by atoms with E-state index in [9.17, 15) is 63.0 Å². The Hall–Kier alpha value is -11.2. The molecule has 4 aromatic rings. The smallest absolute Gasteiger partial charge is 0.445 e. The summed E-state index contributed by atoms with van der Waals surface area (Å²) >= 11 is 0. The second-order valence-electron chi connectivity index (χ2n) is 27.7. The summed E-state index contributed by atoms with van der Waals surface area (Å²) in [5, 5.41) is 32.3. The molecule has 0 radical (unpaired) electrons. The molecular formula is C86H88N2O24P2. The second kappa shape index (κ2) is 41.0. The average Bonchev–Trinajstić information content (AvgIpc) is 1.17. The molecule has 2 aliphatic carbocycles. The number of allylic oxidation sites excluding steroid dienone is 20. The third-order valence-corrected chi connectivity index (χ3v) is 20.8. The third kappa shape index (κ3) is 24.6. The van der Waals surface area contributed by atoms with Crippen LogP contribution in [0.5, 0.6) is 0 Å². The SMILES string of the molecule is [C-]#[N+]CCOP(=O)(OC[C@H](O)[C@H]1OC(=O)C(OC(=O)c2ccccc2)=C1OC(=O)c1ccccc1)OC1CC(C)(C)C(C=CC(C)=CC=CC(C)=CC=CC=C(C)C=CC=C(C)C=CC2=C(C)C(=O)C(OP(=O)(OCCC#N)OC[C@H](O)[C@H]3OC(=O)C(OC(=O)c4ccccc4)=C3OC(=O)c3ccccc3)CC2(C)C)=C(C)C1=O. The number of rotatable bonds is 36. The molecule has 8 atom stereocenters. The number of Topliss-reactive ketones (excluding diaryl/α,β-unsaturated/α-hetero) is 2. The Labute approximate surface area is 661 Å². The maximum absolute atomic E-state index is 14.4. The van der Waals surface area contributed by atoms with Crippen LogP contribution in [-0.4, -0.2) is 127 Å². The van der Waals surface area contributed by atoms with Gasteiger partial charge in [-0.1, -0.05) is 208 Å². The van der Waals surface area contributed by atoms with Gasteiger partial charge >= 0.3 is 51.5 Å². The number of nitrogens with zero attached hydrogens (tertiary/aromatic N) is 2. The molecule has 28 heteroatoms. The molecule has 0 amide bonds. The molecule has 596 valence electrons. The minimum Gasteiger partial charge on any atom is -0.445 e. The van der Waals surface area contributed by atoms with Crippen molar-refractivity contribution < 1.29 is 113 Å². The molecule has 26 nitrogen and oxygen atoms in total. The molecule has 4 unspecified atom stereocenters. The van der Waals surface area contributed by atoms with Crippen LogP contribution in [0.2, 0.25) is 0 Å². The highest BCUT2D eigenvalue weighted by Gasteiger charge is 2.50. The predicted octanol–water partition coefficient (Wildman–Crippen LogP) is 15.5. The van der Waals surface area contributed by atoms with Crippen LogP contribution in [0.15, 0.2) is 274 Å². The molecule has 0 saturated carbocycles. The molecule has 0 saturated heterocycles. The van der Waals surface area contributed by atoms with Gasteiger partial charge in [0.15, 0.2) is 23.8 Å². The molecule has 8 rings (SSSR count). The molecule has 2 aliphatic heterocycles. The van der Waals surface area contributed by atoms with E-state index in [1.54, 1.807) is 86.6 Å². The van der Waals surface area contributed by atoms with E-state index >= 15 is 0 Å². The van der Waals surface area contributed by atoms with Crippen molar-refractivity contribution in [3.8, 4) is 6.07 Å². The first kappa shape index (κ1) is 88.3. The number of esters is 6. The highest BCUT2D eigenvalue weighted by atomic mass is 31.2. The summed E-state index contributed by atoms with van der Waals surface area (Å²) in [6.45, 7) is 22.5. The topological polar surface area (TPSA) is 350 Å². The molecule has 0 aromatic heterocycles. The van der Waals surface area contributed by atoms with E-state index in [0.29, 0.717) is 22.3 Å². The van der Waals surface area contributed by atoms with Crippen molar-refractivity contribution in [2.75, 3.05) is 33.0 Å². The molecule has 0 fully saturated rings. The van der Waals surface area contributed by atoms with E-state index in [1.165, 1.54) is 48.5 Å². The first-order valence-corrected chi connectivity index (χ1v) is 39.0. The van der Waals surface area contributed by atoms with Gasteiger partial charge in [-0.2, -0.15) is 5.26 Å². The number of hydrogen-bond donors (Lipinski definition) is 2. The van der Waals surface area contributed by atoms with Crippen LogP contribution in [0.25, 0.3) is 4.85 Å². The van der Waals surface area contributed by atoms with Crippen molar-refractivity contribution in [1.29, 1.82) is 5.26 Å². The minimum absolute atomic E-state index is 0.000469. The number of ether oxygens (including phenoxy) is 6. The first-order chi connectivity index (χ1) is 54.3. The number of carbonyl (C=O) groups is 8. The van der Waals surface area contributed by atoms with Crippen molar-refractivity contribution in [3.05, 3.63) is 308 Å². The van der Waals surface area contributed by atoms with Gasteiger partial charge in [0.25, 0.3) is 11.5 Å². The number of cyclic esters (lactones) is 2. The first-order valence-electron chi connectivity index (χ1n) is 36.1. The minimum atomic E-state index is -4.85. The lowest BCUT2D eigenvalue weighted by Crippen LogP contribution is -2.38. The van der Waals surface area contributed by atoms with E-state index in [0.717, 1.165) is 22.3 Å². The van der Waals surface area contributed by atoms with Crippen LogP contribution in [0.4, 0.5) is 0 Å². The van der Waals surface area contributed by atoms with E-state index in [1.807, 2.05) is 147 Å². The summed E-state index contributed by atoms with van der Waals surface area (Å²) in [4.78, 5) is 111. The summed E-state index contributed by atoms with van der Waals surface area (Å²) in [5.74, 6) is -10.6. The summed E-state index contributed by atoms with van der Waals surface area (Å²) in [6.07, 6.45) is 15.8. The normalized spacial score (nSPS) is 20.6. The Morgan fingerprint density at radius 2 is 0.842 bits per heavy atom. The molecule has 4 aromatic carbocycles. The van der Waals surface area contributed by atoms with Crippen molar-refractivity contribution in [1.82, 2.24) is 0 Å². The molecule has 4 aliphatic rings. The van der Waals surface area contributed by atoms with Gasteiger partial charge in [0.05, 0.1) is 54.6 Å². The number of nitriles is 1. The van der Waals surface area contributed by atoms with Crippen molar-refractivity contribution in [2.24, 2.45) is 10.8 Å². The predicted molar refractivity (Wildman–Crippen MR) is 417 cm³/mol. The Balaban J connectivity index is 0.842. The number of phosphoric ester groups is 2. The van der Waals surface area contributed by atoms with Gasteiger partial charge in [-0.05, 0) is 136 Å². The molecule has 2 N–H and O–H groups in total. The molecule has 114 heavy (non-hydrogen) atoms. The fourth-order valence-corrected chi connectivity index (χ4v) is 14.5. The fraction of sp³-hybridized carbons (Fsp3) is 0.302. The largest absolute Gasteiger partial charge is 0.475 e. The van der Waals surface area contributed by atoms with E-state index in [4.69, 9.17) is 62.1 Å². The van der Waals surface area contributed by atoms with Crippen molar-refractivity contribution in [3.63, 3.8) is 0 Å². The zero-order valence-corrected chi connectivity index (χ0v) is 66.2. The summed E-state index contributed by atoms with van der Waals surface area (Å²) in [5.41, 5.74) is 4.19. The number of ketones is 2. The number of carbonyl (C=O) groups excluding carboxylic acids is 8. The van der Waals surface area contributed by atoms with Crippen molar-refractivity contribution in [2.45, 2.75) is 125 Å². The summed E-state index contributed by atoms with van der Waals surface area (Å²) in [7, 11) is -9.69. The summed E-state index contributed by atoms with van der Waals surface area (Å²) < 4.78 is 95.3. The van der Waals surface area contributed by atoms with Gasteiger partial charge in [0.1, 0.15) is 31.0 Å². The van der Waals surface area contributed by atoms with Crippen LogP contribution < -0.4 is 0 Å². The molecular weight excluding hydrogens is 1510 g/mol. The summed E-state index contributed by atoms with van der Waals surface area (Å²) in [6, 6.07) is 32.2. The fourth-order valence-electron chi connectivity index (χ4n) is 11.9. The van der Waals surface area contributed by atoms with Crippen LogP contribution in [0, 0.1) is 28.7 Å². The second-order valence-corrected chi connectivity index (χ2v) is 31.0. The van der Waals surface area contributed by atoms with Crippen LogP contribution in [0.3, 0.4) is 0 Å². The Kier molecular flexibility index (Phi) is 31.8. The molecule has 0 spiro atoms. The maximum atomic E-state index is 14.4. The highest BCUT2D eigenvalue weighted by Crippen LogP contribution is 2.56. The molecule has 0 bridgehead atoms. The zero-order chi connectivity index (χ0) is 82.9. The maximum Gasteiger partial charge on any atom is 0.475 e. The monoisotopic (exact) mass is 1590 g/mol. The van der Waals surface area contributed by atoms with E-state index in [-0.39, 0.29) is 48.1 Å². The lowest BCUT2D eigenvalue weighted by atomic mass is 9.71. The highest BCUT2D eigenvalue weighted by molar-refractivity contribution is 7.48. The zero-order valence-electron chi connectivity index (χ0n) is 64.4. The standard InChI is InChI=1S/C86H88N2O24P2/c1-55(31-26-33-57(3)43-45-65-59(5)71(91)69(51-85(65,7)8)111-113(99,101-49-28-47-87)103-53-67(89)73-75(107-79(93)61-35-16-12-17-36-61)77(83(97)105-73)109-81(95)63-39-20-14-21-40-63)29-24-25-30-56(2)32-27-34-58(4)44-46-66-60(6)72(92)70(52-86(66,9)10)112-114(100,102-50-48-88-11)104-54-68(90)74-76(108-80(94)62-37-18-13-19-38-62)78(84(98)106-74)110-82(96)64-41-22-15-23-42-64/h12-27,29-46,67-70,73-74,89-90H,28,48-54H2,1-10H3/t67-,68-,69?,70?,73+,74+,113?,114?/m0/s1. The lowest BCUT2D eigenvalue weighted by molar-refractivity contribution is -0.148. The van der Waals surface area contributed by atoms with Gasteiger partial charge < -0.3 is 43.5 Å². The number of aliphatic hydroxyl groups excluding tert-OH is 2. The van der Waals surface area contributed by atoms with Crippen LogP contribution in [-0.2, 0) is 83.9 Å². The van der Waals surface area contributed by atoms with E-state index < -0.39 is 160 Å². The van der Waals surface area contributed by atoms with Gasteiger partial charge in [0.2, 0.25) is 18.1 Å². The van der Waals surface area contributed by atoms with E-state index in [2.05, 4.69) is 4.85 Å². The molecule has 2 heterocycles. The van der Waals surface area contributed by atoms with Gasteiger partial charge in [-0.15, -0.1) is 0 Å². The van der Waals surface area contributed by atoms with Gasteiger partial charge in [0, 0.05) is 0 Å². The number of hydrogen-bond acceptors (Lipinski definition) is 25. The number of aliphatic hydroxyl groups is 2. The quantitative estimate of drug-likeness (QED) is 0.0107. The van der Waals surface area contributed by atoms with Crippen LogP contribution in [0.1, 0.15) is 130 Å². The van der Waals surface area contributed by atoms with Gasteiger partial charge in [-0.25, -0.2) is 44.5 Å². The lowest BCUT2D eigenvalue weighted by Gasteiger charge is -2.37. The van der Waals surface area contributed by atoms with Crippen LogP contribution >= 0.6 is 15.6 Å². The number of phosphoric acid groups is 2. The van der Waals surface area contributed by atoms with Gasteiger partial charge in [-0.3, -0.25) is 36.7 Å².